The van der Waals surface area contributed by atoms with Crippen molar-refractivity contribution in [3.05, 3.63) is 62.3 Å². The number of hydrogen-bond acceptors (Lipinski definition) is 3. The van der Waals surface area contributed by atoms with Crippen molar-refractivity contribution in [2.45, 2.75) is 53.1 Å². The van der Waals surface area contributed by atoms with Crippen LogP contribution < -0.4 is 5.56 Å². The third-order valence-electron chi connectivity index (χ3n) is 4.67. The lowest BCUT2D eigenvalue weighted by Gasteiger charge is -2.28. The third kappa shape index (κ3) is 3.53. The van der Waals surface area contributed by atoms with Gasteiger partial charge in [-0.3, -0.25) is 9.69 Å². The Morgan fingerprint density at radius 2 is 2.09 bits per heavy atom. The minimum Gasteiger partial charge on any atom is -0.310 e. The minimum absolute atomic E-state index is 0.0595. The van der Waals surface area contributed by atoms with Crippen LogP contribution in [0.4, 0.5) is 0 Å². The molecular formula is C19H25N3O. The van der Waals surface area contributed by atoms with Crippen molar-refractivity contribution >= 4 is 0 Å². The molecule has 4 nitrogen and oxygen atoms in total. The molecule has 122 valence electrons. The molecule has 1 N–H and O–H groups in total. The van der Waals surface area contributed by atoms with Gasteiger partial charge in [0.25, 0.3) is 5.56 Å². The average Bonchev–Trinajstić information content (AvgIpc) is 2.51. The maximum Gasteiger partial charge on any atom is 0.254 e. The summed E-state index contributed by atoms with van der Waals surface area (Å²) in [6.45, 7) is 8.99. The Kier molecular flexibility index (Phi) is 4.62. The summed E-state index contributed by atoms with van der Waals surface area (Å²) in [5.74, 6) is 0.823. The summed E-state index contributed by atoms with van der Waals surface area (Å²) in [7, 11) is 0. The molecule has 2 aromatic rings. The quantitative estimate of drug-likeness (QED) is 0.944. The standard InChI is InChI=1S/C19H25N3O/c1-4-5-18-20-17-12-22(9-8-16(17)19(23)21-18)11-15-7-6-13(2)14(3)10-15/h6-7,10H,4-5,8-9,11-12H2,1-3H3,(H,20,21,23). The Morgan fingerprint density at radius 3 is 2.83 bits per heavy atom. The molecule has 0 spiro atoms. The molecule has 0 radical (unpaired) electrons. The average molecular weight is 311 g/mol. The molecular weight excluding hydrogens is 286 g/mol. The molecule has 0 atom stereocenters. The molecule has 1 aromatic heterocycles. The van der Waals surface area contributed by atoms with Crippen LogP contribution in [0.25, 0.3) is 0 Å². The fraction of sp³-hybridized carbons (Fsp3) is 0.474. The van der Waals surface area contributed by atoms with Gasteiger partial charge in [-0.2, -0.15) is 0 Å². The highest BCUT2D eigenvalue weighted by Crippen LogP contribution is 2.18. The highest BCUT2D eigenvalue weighted by atomic mass is 16.1. The van der Waals surface area contributed by atoms with Crippen LogP contribution in [0.5, 0.6) is 0 Å². The second-order valence-corrected chi connectivity index (χ2v) is 6.57. The lowest BCUT2D eigenvalue weighted by Crippen LogP contribution is -2.35. The number of H-pyrrole nitrogens is 1. The van der Waals surface area contributed by atoms with Gasteiger partial charge < -0.3 is 4.98 Å². The molecule has 0 amide bonds. The molecule has 0 unspecified atom stereocenters. The number of nitrogens with zero attached hydrogens (tertiary/aromatic N) is 2. The number of aryl methyl sites for hydroxylation is 3. The second kappa shape index (κ2) is 6.67. The summed E-state index contributed by atoms with van der Waals surface area (Å²) in [5.41, 5.74) is 5.89. The molecule has 0 saturated heterocycles. The van der Waals surface area contributed by atoms with Gasteiger partial charge in [-0.25, -0.2) is 4.98 Å². The SMILES string of the molecule is CCCc1nc2c(c(=O)[nH]1)CCN(Cc1ccc(C)c(C)c1)C2. The van der Waals surface area contributed by atoms with E-state index in [0.29, 0.717) is 0 Å². The van der Waals surface area contributed by atoms with Crippen LogP contribution in [0.3, 0.4) is 0 Å². The van der Waals surface area contributed by atoms with E-state index in [9.17, 15) is 4.79 Å². The Labute approximate surface area is 137 Å². The zero-order valence-electron chi connectivity index (χ0n) is 14.3. The monoisotopic (exact) mass is 311 g/mol. The first-order valence-corrected chi connectivity index (χ1v) is 8.46. The van der Waals surface area contributed by atoms with Gasteiger partial charge in [-0.15, -0.1) is 0 Å². The maximum atomic E-state index is 12.2. The molecule has 1 aliphatic rings. The van der Waals surface area contributed by atoms with Crippen LogP contribution in [-0.2, 0) is 25.9 Å². The zero-order chi connectivity index (χ0) is 16.4. The maximum absolute atomic E-state index is 12.2. The fourth-order valence-corrected chi connectivity index (χ4v) is 3.20. The van der Waals surface area contributed by atoms with Gasteiger partial charge in [0.2, 0.25) is 0 Å². The van der Waals surface area contributed by atoms with Gasteiger partial charge in [0.05, 0.1) is 5.69 Å². The van der Waals surface area contributed by atoms with Crippen LogP contribution in [0.2, 0.25) is 0 Å². The second-order valence-electron chi connectivity index (χ2n) is 6.57. The topological polar surface area (TPSA) is 49.0 Å². The minimum atomic E-state index is 0.0595. The first-order chi connectivity index (χ1) is 11.1. The van der Waals surface area contributed by atoms with Gasteiger partial charge in [0, 0.05) is 31.6 Å². The number of nitrogens with one attached hydrogen (secondary N) is 1. The molecule has 2 heterocycles. The number of fused-ring (bicyclic) bond motifs is 1. The molecule has 0 bridgehead atoms. The van der Waals surface area contributed by atoms with Crippen molar-refractivity contribution in [1.82, 2.24) is 14.9 Å². The van der Waals surface area contributed by atoms with Crippen molar-refractivity contribution in [2.24, 2.45) is 0 Å². The van der Waals surface area contributed by atoms with Crippen LogP contribution in [0, 0.1) is 13.8 Å². The predicted molar refractivity (Wildman–Crippen MR) is 92.6 cm³/mol. The highest BCUT2D eigenvalue weighted by molar-refractivity contribution is 5.30. The van der Waals surface area contributed by atoms with Gasteiger partial charge in [-0.1, -0.05) is 25.1 Å². The third-order valence-corrected chi connectivity index (χ3v) is 4.67. The van der Waals surface area contributed by atoms with Crippen molar-refractivity contribution in [2.75, 3.05) is 6.54 Å². The van der Waals surface area contributed by atoms with Crippen LogP contribution in [-0.4, -0.2) is 21.4 Å². The van der Waals surface area contributed by atoms with Crippen LogP contribution in [0.15, 0.2) is 23.0 Å². The van der Waals surface area contributed by atoms with Gasteiger partial charge in [0.1, 0.15) is 5.82 Å². The molecule has 0 saturated carbocycles. The molecule has 0 fully saturated rings. The van der Waals surface area contributed by atoms with E-state index in [-0.39, 0.29) is 5.56 Å². The van der Waals surface area contributed by atoms with E-state index in [4.69, 9.17) is 4.98 Å². The van der Waals surface area contributed by atoms with Gasteiger partial charge >= 0.3 is 0 Å². The van der Waals surface area contributed by atoms with E-state index >= 15 is 0 Å². The van der Waals surface area contributed by atoms with E-state index in [0.717, 1.165) is 56.0 Å². The van der Waals surface area contributed by atoms with E-state index in [1.54, 1.807) is 0 Å². The lowest BCUT2D eigenvalue weighted by molar-refractivity contribution is 0.240. The highest BCUT2D eigenvalue weighted by Gasteiger charge is 2.21. The van der Waals surface area contributed by atoms with Crippen molar-refractivity contribution in [3.63, 3.8) is 0 Å². The Hall–Kier alpha value is -1.94. The summed E-state index contributed by atoms with van der Waals surface area (Å²) in [6.07, 6.45) is 2.61. The van der Waals surface area contributed by atoms with Gasteiger partial charge in [-0.05, 0) is 43.4 Å². The number of aromatic nitrogens is 2. The summed E-state index contributed by atoms with van der Waals surface area (Å²) in [6, 6.07) is 6.65. The Balaban J connectivity index is 1.79. The van der Waals surface area contributed by atoms with Crippen LogP contribution in [0.1, 0.15) is 47.1 Å². The van der Waals surface area contributed by atoms with E-state index in [2.05, 4.69) is 48.9 Å². The largest absolute Gasteiger partial charge is 0.310 e. The summed E-state index contributed by atoms with van der Waals surface area (Å²) in [4.78, 5) is 22.2. The summed E-state index contributed by atoms with van der Waals surface area (Å²) in [5, 5.41) is 0. The zero-order valence-corrected chi connectivity index (χ0v) is 14.3. The number of benzene rings is 1. The molecule has 1 aromatic carbocycles. The molecule has 0 aliphatic carbocycles. The molecule has 23 heavy (non-hydrogen) atoms. The van der Waals surface area contributed by atoms with Crippen molar-refractivity contribution in [3.8, 4) is 0 Å². The molecule has 1 aliphatic heterocycles. The normalized spacial score (nSPS) is 14.7. The molecule has 3 rings (SSSR count). The smallest absolute Gasteiger partial charge is 0.254 e. The van der Waals surface area contributed by atoms with Crippen molar-refractivity contribution < 1.29 is 0 Å². The Morgan fingerprint density at radius 1 is 1.26 bits per heavy atom. The van der Waals surface area contributed by atoms with E-state index in [1.165, 1.54) is 16.7 Å². The predicted octanol–water partition coefficient (Wildman–Crippen LogP) is 2.90. The number of hydrogen-bond donors (Lipinski definition) is 1. The molecule has 4 heteroatoms. The first-order valence-electron chi connectivity index (χ1n) is 8.46. The number of rotatable bonds is 4. The summed E-state index contributed by atoms with van der Waals surface area (Å²) < 4.78 is 0. The fourth-order valence-electron chi connectivity index (χ4n) is 3.20. The Bertz CT molecular complexity index is 764. The van der Waals surface area contributed by atoms with Crippen LogP contribution >= 0.6 is 0 Å². The van der Waals surface area contributed by atoms with E-state index in [1.807, 2.05) is 0 Å². The van der Waals surface area contributed by atoms with Crippen molar-refractivity contribution in [1.29, 1.82) is 0 Å². The van der Waals surface area contributed by atoms with Gasteiger partial charge in [0.15, 0.2) is 0 Å². The summed E-state index contributed by atoms with van der Waals surface area (Å²) >= 11 is 0. The van der Waals surface area contributed by atoms with E-state index < -0.39 is 0 Å². The number of aromatic amines is 1. The first kappa shape index (κ1) is 15.9. The lowest BCUT2D eigenvalue weighted by atomic mass is 10.0.